The fourth-order valence-electron chi connectivity index (χ4n) is 3.93. The Morgan fingerprint density at radius 3 is 2.39 bits per heavy atom. The zero-order chi connectivity index (χ0) is 21.5. The number of likely N-dealkylation sites (N-methyl/N-ethyl adjacent to an activating group) is 1. The summed E-state index contributed by atoms with van der Waals surface area (Å²) in [6.45, 7) is 8.31. The quantitative estimate of drug-likeness (QED) is 0.302. The van der Waals surface area contributed by atoms with Gasteiger partial charge in [0.1, 0.15) is 5.52 Å². The number of halogens is 1. The molecule has 0 saturated carbocycles. The van der Waals surface area contributed by atoms with Crippen LogP contribution in [0.25, 0.3) is 33.1 Å². The number of nitrogens with zero attached hydrogens (tertiary/aromatic N) is 4. The average molecular weight is 485 g/mol. The molecule has 2 aromatic heterocycles. The number of hydrogen-bond donors (Lipinski definition) is 0. The van der Waals surface area contributed by atoms with Gasteiger partial charge >= 0.3 is 5.97 Å². The third kappa shape index (κ3) is 4.57. The third-order valence-electron chi connectivity index (χ3n) is 5.76. The molecule has 6 nitrogen and oxygen atoms in total. The highest BCUT2D eigenvalue weighted by Crippen LogP contribution is 2.29. The number of carbonyl (C=O) groups is 1. The van der Waals surface area contributed by atoms with Gasteiger partial charge in [0.15, 0.2) is 12.2 Å². The van der Waals surface area contributed by atoms with Gasteiger partial charge in [-0.2, -0.15) is 0 Å². The fraction of sp³-hybridized carbons (Fsp3) is 0.375. The van der Waals surface area contributed by atoms with Crippen LogP contribution in [0.15, 0.2) is 36.4 Å². The Hall–Kier alpha value is -2.51. The number of aromatic nitrogens is 3. The van der Waals surface area contributed by atoms with Crippen molar-refractivity contribution in [3.63, 3.8) is 0 Å². The van der Waals surface area contributed by atoms with Crippen LogP contribution in [0, 0.1) is 13.8 Å². The maximum absolute atomic E-state index is 12.0. The van der Waals surface area contributed by atoms with Crippen molar-refractivity contribution in [2.45, 2.75) is 27.3 Å². The topological polar surface area (TPSA) is 57.0 Å². The van der Waals surface area contributed by atoms with Crippen LogP contribution < -0.4 is 17.0 Å². The summed E-state index contributed by atoms with van der Waals surface area (Å²) in [5.41, 5.74) is 7.21. The van der Waals surface area contributed by atoms with E-state index in [9.17, 15) is 4.79 Å². The standard InChI is InChI=1S/C24H29N4O2.BrH/c1-6-30-22(29)15-28(4,5)12-11-27-21-10-8-7-9-18(21)23-24(27)26-20-14-17(3)16(2)13-19(20)25-23;/h7-10,13-14H,6,11-12,15H2,1-5H3;1H/q+1;/p-1. The van der Waals surface area contributed by atoms with Crippen LogP contribution in [-0.2, 0) is 16.1 Å². The van der Waals surface area contributed by atoms with Crippen LogP contribution in [0.1, 0.15) is 18.1 Å². The van der Waals surface area contributed by atoms with E-state index in [1.807, 2.05) is 19.1 Å². The second kappa shape index (κ2) is 8.93. The molecule has 0 unspecified atom stereocenters. The molecule has 0 N–H and O–H groups in total. The van der Waals surface area contributed by atoms with E-state index in [0.29, 0.717) is 17.6 Å². The highest BCUT2D eigenvalue weighted by atomic mass is 79.9. The van der Waals surface area contributed by atoms with Crippen LogP contribution in [0.4, 0.5) is 0 Å². The minimum absolute atomic E-state index is 0. The first-order valence-corrected chi connectivity index (χ1v) is 10.4. The SMILES string of the molecule is CCOC(=O)C[N+](C)(C)CCn1c2ccccc2c2nc3cc(C)c(C)cc3nc21.[Br-]. The smallest absolute Gasteiger partial charge is 0.361 e. The summed E-state index contributed by atoms with van der Waals surface area (Å²) in [7, 11) is 4.11. The minimum Gasteiger partial charge on any atom is -1.00 e. The van der Waals surface area contributed by atoms with Crippen LogP contribution in [-0.4, -0.2) is 58.8 Å². The summed E-state index contributed by atoms with van der Waals surface area (Å²) in [6.07, 6.45) is 0. The lowest BCUT2D eigenvalue weighted by Crippen LogP contribution is -3.00. The van der Waals surface area contributed by atoms with E-state index in [1.165, 1.54) is 11.1 Å². The van der Waals surface area contributed by atoms with E-state index in [2.05, 4.69) is 56.8 Å². The Bertz CT molecular complexity index is 1260. The Balaban J connectivity index is 0.00000272. The lowest BCUT2D eigenvalue weighted by molar-refractivity contribution is -0.883. The van der Waals surface area contributed by atoms with Crippen LogP contribution in [0.2, 0.25) is 0 Å². The molecule has 0 atom stereocenters. The van der Waals surface area contributed by atoms with E-state index in [0.717, 1.165) is 46.2 Å². The van der Waals surface area contributed by atoms with Gasteiger partial charge in [-0.15, -0.1) is 0 Å². The number of aryl methyl sites for hydroxylation is 2. The molecule has 2 aromatic carbocycles. The fourth-order valence-corrected chi connectivity index (χ4v) is 3.93. The van der Waals surface area contributed by atoms with E-state index < -0.39 is 0 Å². The largest absolute Gasteiger partial charge is 1.00 e. The summed E-state index contributed by atoms with van der Waals surface area (Å²) in [5.74, 6) is -0.165. The summed E-state index contributed by atoms with van der Waals surface area (Å²) < 4.78 is 7.92. The molecule has 0 aliphatic rings. The molecule has 0 amide bonds. The zero-order valence-corrected chi connectivity index (χ0v) is 20.4. The molecule has 164 valence electrons. The number of ether oxygens (including phenoxy) is 1. The van der Waals surface area contributed by atoms with Crippen molar-refractivity contribution >= 4 is 39.1 Å². The minimum atomic E-state index is -0.165. The zero-order valence-electron chi connectivity index (χ0n) is 18.8. The van der Waals surface area contributed by atoms with Crippen molar-refractivity contribution in [2.24, 2.45) is 0 Å². The number of para-hydroxylation sites is 1. The molecule has 4 rings (SSSR count). The third-order valence-corrected chi connectivity index (χ3v) is 5.76. The lowest BCUT2D eigenvalue weighted by Gasteiger charge is -2.28. The van der Waals surface area contributed by atoms with E-state index in [-0.39, 0.29) is 23.0 Å². The van der Waals surface area contributed by atoms with Gasteiger partial charge in [-0.3, -0.25) is 0 Å². The van der Waals surface area contributed by atoms with Gasteiger partial charge in [0, 0.05) is 5.39 Å². The summed E-state index contributed by atoms with van der Waals surface area (Å²) in [6, 6.07) is 12.5. The normalized spacial score (nSPS) is 11.8. The predicted molar refractivity (Wildman–Crippen MR) is 120 cm³/mol. The van der Waals surface area contributed by atoms with Gasteiger partial charge in [-0.05, 0) is 50.1 Å². The maximum atomic E-state index is 12.0. The van der Waals surface area contributed by atoms with Gasteiger partial charge in [-0.1, -0.05) is 18.2 Å². The average Bonchev–Trinajstić information content (AvgIpc) is 2.98. The maximum Gasteiger partial charge on any atom is 0.361 e. The first kappa shape index (κ1) is 23.2. The van der Waals surface area contributed by atoms with Crippen molar-refractivity contribution < 1.29 is 31.0 Å². The molecule has 0 bridgehead atoms. The number of hydrogen-bond acceptors (Lipinski definition) is 4. The van der Waals surface area contributed by atoms with Gasteiger partial charge in [0.05, 0.1) is 50.3 Å². The molecule has 0 aliphatic carbocycles. The molecule has 31 heavy (non-hydrogen) atoms. The van der Waals surface area contributed by atoms with Gasteiger partial charge in [0.2, 0.25) is 0 Å². The number of rotatable bonds is 6. The predicted octanol–water partition coefficient (Wildman–Crippen LogP) is 0.998. The Morgan fingerprint density at radius 1 is 1.06 bits per heavy atom. The molecule has 4 aromatic rings. The Kier molecular flexibility index (Phi) is 6.67. The number of quaternary nitrogens is 1. The van der Waals surface area contributed by atoms with Gasteiger partial charge < -0.3 is 30.8 Å². The molecular weight excluding hydrogens is 456 g/mol. The Labute approximate surface area is 193 Å². The molecule has 0 fully saturated rings. The number of esters is 1. The van der Waals surface area contributed by atoms with Crippen molar-refractivity contribution in [1.29, 1.82) is 0 Å². The molecule has 2 heterocycles. The van der Waals surface area contributed by atoms with E-state index in [4.69, 9.17) is 14.7 Å². The number of carbonyl (C=O) groups excluding carboxylic acids is 1. The van der Waals surface area contributed by atoms with E-state index >= 15 is 0 Å². The monoisotopic (exact) mass is 484 g/mol. The van der Waals surface area contributed by atoms with Crippen LogP contribution in [0.3, 0.4) is 0 Å². The van der Waals surface area contributed by atoms with Gasteiger partial charge in [-0.25, -0.2) is 14.8 Å². The molecular formula is C24H29BrN4O2. The Morgan fingerprint density at radius 2 is 1.71 bits per heavy atom. The van der Waals surface area contributed by atoms with Crippen LogP contribution >= 0.6 is 0 Å². The van der Waals surface area contributed by atoms with E-state index in [1.54, 1.807) is 0 Å². The van der Waals surface area contributed by atoms with Crippen molar-refractivity contribution in [1.82, 2.24) is 14.5 Å². The van der Waals surface area contributed by atoms with Crippen LogP contribution in [0.5, 0.6) is 0 Å². The molecule has 0 spiro atoms. The first-order chi connectivity index (χ1) is 14.3. The lowest BCUT2D eigenvalue weighted by atomic mass is 10.1. The number of fused-ring (bicyclic) bond motifs is 4. The highest BCUT2D eigenvalue weighted by molar-refractivity contribution is 6.06. The molecule has 0 saturated heterocycles. The van der Waals surface area contributed by atoms with Crippen molar-refractivity contribution in [2.75, 3.05) is 33.8 Å². The summed E-state index contributed by atoms with van der Waals surface area (Å²) in [5, 5.41) is 1.11. The molecule has 0 radical (unpaired) electrons. The van der Waals surface area contributed by atoms with Crippen molar-refractivity contribution in [3.05, 3.63) is 47.5 Å². The summed E-state index contributed by atoms with van der Waals surface area (Å²) >= 11 is 0. The second-order valence-electron chi connectivity index (χ2n) is 8.61. The first-order valence-electron chi connectivity index (χ1n) is 10.4. The summed E-state index contributed by atoms with van der Waals surface area (Å²) in [4.78, 5) is 22.0. The molecule has 0 aliphatic heterocycles. The van der Waals surface area contributed by atoms with Gasteiger partial charge in [0.25, 0.3) is 0 Å². The van der Waals surface area contributed by atoms with Crippen molar-refractivity contribution in [3.8, 4) is 0 Å². The highest BCUT2D eigenvalue weighted by Gasteiger charge is 2.23. The number of benzene rings is 2. The molecule has 7 heteroatoms. The second-order valence-corrected chi connectivity index (χ2v) is 8.61.